The third kappa shape index (κ3) is 12.4. The second kappa shape index (κ2) is 18.2. The fourth-order valence-corrected chi connectivity index (χ4v) is 5.47. The molecule has 3 aromatic rings. The van der Waals surface area contributed by atoms with Gasteiger partial charge >= 0.3 is 6.18 Å². The van der Waals surface area contributed by atoms with Gasteiger partial charge in [-0.15, -0.1) is 0 Å². The summed E-state index contributed by atoms with van der Waals surface area (Å²) >= 11 is 0. The highest BCUT2D eigenvalue weighted by Gasteiger charge is 2.29. The van der Waals surface area contributed by atoms with E-state index in [1.807, 2.05) is 0 Å². The molecule has 0 spiro atoms. The Morgan fingerprint density at radius 2 is 0.854 bits per heavy atom. The minimum Gasteiger partial charge on any atom is -0.542 e. The first-order chi connectivity index (χ1) is 19.7. The molecule has 0 N–H and O–H groups in total. The van der Waals surface area contributed by atoms with E-state index in [2.05, 4.69) is 93.6 Å². The van der Waals surface area contributed by atoms with Crippen LogP contribution < -0.4 is 19.3 Å². The molecular formula is C32H39F3O5S. The van der Waals surface area contributed by atoms with Crippen molar-refractivity contribution in [3.8, 4) is 17.2 Å². The normalized spacial score (nSPS) is 11.0. The van der Waals surface area contributed by atoms with Crippen LogP contribution in [0.4, 0.5) is 13.2 Å². The summed E-state index contributed by atoms with van der Waals surface area (Å²) in [6, 6.07) is 25.7. The lowest BCUT2D eigenvalue weighted by atomic mass is 10.3. The van der Waals surface area contributed by atoms with Crippen LogP contribution in [0.1, 0.15) is 59.3 Å². The first kappa shape index (κ1) is 33.9. The molecule has 0 bridgehead atoms. The average molecular weight is 593 g/mol. The standard InChI is InChI=1S/C30H39O3S.C2HF3O2/c1-4-7-22-31-25-10-16-28(17-11-25)34(29-18-12-26(13-19-29)32-23-8-5-2)30-20-14-27(15-21-30)33-24-9-6-3;3-2(4,5)1(6)7/h10-21H,4-9,22-24H2,1-3H3;(H,6,7)/q+1;/p-1. The molecule has 0 aliphatic rings. The molecule has 0 fully saturated rings. The molecule has 3 rings (SSSR count). The Hall–Kier alpha value is -3.33. The third-order valence-electron chi connectivity index (χ3n) is 5.71. The van der Waals surface area contributed by atoms with Gasteiger partial charge in [-0.05, 0) is 92.1 Å². The number of hydrogen-bond acceptors (Lipinski definition) is 5. The van der Waals surface area contributed by atoms with Crippen LogP contribution in [0.5, 0.6) is 17.2 Å². The largest absolute Gasteiger partial charge is 0.542 e. The molecular weight excluding hydrogens is 553 g/mol. The van der Waals surface area contributed by atoms with E-state index in [1.54, 1.807) is 0 Å². The number of alkyl halides is 3. The van der Waals surface area contributed by atoms with Gasteiger partial charge in [0.15, 0.2) is 14.7 Å². The van der Waals surface area contributed by atoms with Crippen LogP contribution in [0.3, 0.4) is 0 Å². The predicted molar refractivity (Wildman–Crippen MR) is 154 cm³/mol. The van der Waals surface area contributed by atoms with Crippen molar-refractivity contribution in [1.29, 1.82) is 0 Å². The molecule has 0 amide bonds. The van der Waals surface area contributed by atoms with E-state index in [0.717, 1.165) is 75.6 Å². The smallest absolute Gasteiger partial charge is 0.430 e. The van der Waals surface area contributed by atoms with Gasteiger partial charge in [0.05, 0.1) is 30.7 Å². The summed E-state index contributed by atoms with van der Waals surface area (Å²) in [5, 5.41) is 8.78. The van der Waals surface area contributed by atoms with Crippen LogP contribution in [0.25, 0.3) is 0 Å². The van der Waals surface area contributed by atoms with Gasteiger partial charge in [-0.3, -0.25) is 0 Å². The van der Waals surface area contributed by atoms with E-state index < -0.39 is 12.1 Å². The van der Waals surface area contributed by atoms with E-state index in [9.17, 15) is 13.2 Å². The van der Waals surface area contributed by atoms with Crippen molar-refractivity contribution >= 4 is 16.9 Å². The average Bonchev–Trinajstić information content (AvgIpc) is 2.96. The Balaban J connectivity index is 0.000000745. The molecule has 41 heavy (non-hydrogen) atoms. The van der Waals surface area contributed by atoms with Gasteiger partial charge in [0.25, 0.3) is 0 Å². The number of halogens is 3. The van der Waals surface area contributed by atoms with E-state index in [0.29, 0.717) is 0 Å². The fourth-order valence-electron chi connectivity index (χ4n) is 3.43. The van der Waals surface area contributed by atoms with Crippen molar-refractivity contribution in [2.45, 2.75) is 80.2 Å². The highest BCUT2D eigenvalue weighted by Crippen LogP contribution is 2.34. The Labute approximate surface area is 244 Å². The van der Waals surface area contributed by atoms with Gasteiger partial charge in [-0.25, -0.2) is 0 Å². The first-order valence-electron chi connectivity index (χ1n) is 13.9. The number of benzene rings is 3. The Bertz CT molecular complexity index is 1010. The summed E-state index contributed by atoms with van der Waals surface area (Å²) in [4.78, 5) is 12.6. The van der Waals surface area contributed by atoms with Gasteiger partial charge < -0.3 is 24.1 Å². The number of unbranched alkanes of at least 4 members (excludes halogenated alkanes) is 3. The summed E-state index contributed by atoms with van der Waals surface area (Å²) < 4.78 is 49.2. The third-order valence-corrected chi connectivity index (χ3v) is 7.94. The molecule has 0 radical (unpaired) electrons. The highest BCUT2D eigenvalue weighted by molar-refractivity contribution is 7.97. The zero-order valence-corrected chi connectivity index (χ0v) is 24.7. The number of aliphatic carboxylic acids is 1. The lowest BCUT2D eigenvalue weighted by Crippen LogP contribution is -2.37. The number of rotatable bonds is 15. The fraction of sp³-hybridized carbons (Fsp3) is 0.406. The molecule has 5 nitrogen and oxygen atoms in total. The summed E-state index contributed by atoms with van der Waals surface area (Å²) in [5.74, 6) is -0.215. The number of carbonyl (C=O) groups is 1. The molecule has 0 heterocycles. The van der Waals surface area contributed by atoms with Gasteiger partial charge in [0.1, 0.15) is 23.2 Å². The van der Waals surface area contributed by atoms with Crippen molar-refractivity contribution in [1.82, 2.24) is 0 Å². The summed E-state index contributed by atoms with van der Waals surface area (Å²) in [6.07, 6.45) is 1.44. The Morgan fingerprint density at radius 1 is 0.610 bits per heavy atom. The number of carboxylic acids is 1. The van der Waals surface area contributed by atoms with Gasteiger partial charge in [-0.2, -0.15) is 13.2 Å². The van der Waals surface area contributed by atoms with Crippen molar-refractivity contribution in [3.63, 3.8) is 0 Å². The molecule has 0 saturated heterocycles. The molecule has 0 aliphatic heterocycles. The van der Waals surface area contributed by atoms with Crippen LogP contribution in [0.2, 0.25) is 0 Å². The van der Waals surface area contributed by atoms with E-state index in [-0.39, 0.29) is 10.9 Å². The van der Waals surface area contributed by atoms with Crippen LogP contribution in [0.15, 0.2) is 87.5 Å². The lowest BCUT2D eigenvalue weighted by Gasteiger charge is -2.11. The second-order valence-electron chi connectivity index (χ2n) is 9.11. The second-order valence-corrected chi connectivity index (χ2v) is 11.1. The molecule has 0 saturated carbocycles. The van der Waals surface area contributed by atoms with Gasteiger partial charge in [0.2, 0.25) is 0 Å². The van der Waals surface area contributed by atoms with Crippen molar-refractivity contribution in [2.24, 2.45) is 0 Å². The lowest BCUT2D eigenvalue weighted by molar-refractivity contribution is -0.344. The number of carboxylic acid groups (broad SMARTS) is 1. The minimum absolute atomic E-state index is 0.228. The molecule has 0 atom stereocenters. The van der Waals surface area contributed by atoms with Crippen molar-refractivity contribution < 1.29 is 37.3 Å². The molecule has 0 aliphatic carbocycles. The van der Waals surface area contributed by atoms with Gasteiger partial charge in [0, 0.05) is 0 Å². The maximum Gasteiger partial charge on any atom is 0.430 e. The predicted octanol–water partition coefficient (Wildman–Crippen LogP) is 7.62. The van der Waals surface area contributed by atoms with E-state index in [1.165, 1.54) is 14.7 Å². The molecule has 0 unspecified atom stereocenters. The highest BCUT2D eigenvalue weighted by atomic mass is 32.2. The molecule has 224 valence electrons. The van der Waals surface area contributed by atoms with Gasteiger partial charge in [-0.1, -0.05) is 40.0 Å². The topological polar surface area (TPSA) is 67.8 Å². The SMILES string of the molecule is CCCCOc1ccc([S+](c2ccc(OCCCC)cc2)c2ccc(OCCCC)cc2)cc1.O=C([O-])C(F)(F)F. The number of ether oxygens (including phenoxy) is 3. The summed E-state index contributed by atoms with van der Waals surface area (Å²) in [5.41, 5.74) is 0. The Morgan fingerprint density at radius 3 is 1.05 bits per heavy atom. The van der Waals surface area contributed by atoms with Crippen molar-refractivity contribution in [3.05, 3.63) is 72.8 Å². The monoisotopic (exact) mass is 592 g/mol. The summed E-state index contributed by atoms with van der Waals surface area (Å²) in [7, 11) is -0.228. The van der Waals surface area contributed by atoms with Crippen LogP contribution in [0, 0.1) is 0 Å². The maximum atomic E-state index is 10.5. The Kier molecular flexibility index (Phi) is 15.0. The van der Waals surface area contributed by atoms with Crippen LogP contribution >= 0.6 is 0 Å². The quantitative estimate of drug-likeness (QED) is 0.134. The molecule has 0 aromatic heterocycles. The first-order valence-corrected chi connectivity index (χ1v) is 15.1. The number of carbonyl (C=O) groups excluding carboxylic acids is 1. The maximum absolute atomic E-state index is 10.5. The zero-order valence-electron chi connectivity index (χ0n) is 23.9. The van der Waals surface area contributed by atoms with Crippen LogP contribution in [-0.4, -0.2) is 32.0 Å². The number of hydrogen-bond donors (Lipinski definition) is 0. The summed E-state index contributed by atoms with van der Waals surface area (Å²) in [6.45, 7) is 8.83. The molecule has 9 heteroatoms. The van der Waals surface area contributed by atoms with Crippen molar-refractivity contribution in [2.75, 3.05) is 19.8 Å². The molecule has 3 aromatic carbocycles. The zero-order chi connectivity index (χ0) is 30.1. The van der Waals surface area contributed by atoms with E-state index in [4.69, 9.17) is 24.1 Å². The minimum atomic E-state index is -5.19. The van der Waals surface area contributed by atoms with Crippen LogP contribution in [-0.2, 0) is 15.7 Å². The van der Waals surface area contributed by atoms with E-state index >= 15 is 0 Å².